The van der Waals surface area contributed by atoms with E-state index in [4.69, 9.17) is 0 Å². The van der Waals surface area contributed by atoms with Gasteiger partial charge in [-0.15, -0.1) is 0 Å². The van der Waals surface area contributed by atoms with Gasteiger partial charge in [0.1, 0.15) is 0 Å². The van der Waals surface area contributed by atoms with Crippen LogP contribution in [0.2, 0.25) is 0 Å². The summed E-state index contributed by atoms with van der Waals surface area (Å²) in [5.41, 5.74) is 1.11. The maximum absolute atomic E-state index is 4.53. The third-order valence-electron chi connectivity index (χ3n) is 3.34. The Morgan fingerprint density at radius 3 is 2.94 bits per heavy atom. The molecule has 0 radical (unpaired) electrons. The van der Waals surface area contributed by atoms with E-state index in [2.05, 4.69) is 41.8 Å². The van der Waals surface area contributed by atoms with Gasteiger partial charge in [-0.3, -0.25) is 0 Å². The van der Waals surface area contributed by atoms with E-state index in [0.29, 0.717) is 0 Å². The quantitative estimate of drug-likeness (QED) is 0.800. The molecule has 1 aromatic heterocycles. The fraction of sp³-hybridized carbons (Fsp3) is 0.769. The second kappa shape index (κ2) is 4.89. The number of nitrogens with one attached hydrogen (secondary N) is 1. The van der Waals surface area contributed by atoms with Crippen LogP contribution >= 0.6 is 0 Å². The predicted molar refractivity (Wildman–Crippen MR) is 67.6 cm³/mol. The van der Waals surface area contributed by atoms with Gasteiger partial charge in [0, 0.05) is 19.3 Å². The molecule has 2 rings (SSSR count). The summed E-state index contributed by atoms with van der Waals surface area (Å²) in [6, 6.07) is 0. The minimum absolute atomic E-state index is 0.788. The van der Waals surface area contributed by atoms with Crippen LogP contribution in [-0.2, 0) is 6.54 Å². The molecule has 1 unspecified atom stereocenters. The van der Waals surface area contributed by atoms with Gasteiger partial charge in [-0.25, -0.2) is 4.98 Å². The second-order valence-electron chi connectivity index (χ2n) is 5.10. The fourth-order valence-electron chi connectivity index (χ4n) is 2.19. The summed E-state index contributed by atoms with van der Waals surface area (Å²) in [6.45, 7) is 8.72. The molecule has 16 heavy (non-hydrogen) atoms. The molecular weight excluding hydrogens is 198 g/mol. The topological polar surface area (TPSA) is 29.9 Å². The van der Waals surface area contributed by atoms with Crippen molar-refractivity contribution in [3.05, 3.63) is 11.9 Å². The molecule has 1 aliphatic carbocycles. The zero-order chi connectivity index (χ0) is 11.5. The van der Waals surface area contributed by atoms with Crippen LogP contribution in [0.5, 0.6) is 0 Å². The molecule has 1 aromatic rings. The first-order valence-electron chi connectivity index (χ1n) is 6.48. The molecule has 1 heterocycles. The monoisotopic (exact) mass is 221 g/mol. The number of hydrogen-bond donors (Lipinski definition) is 1. The molecule has 0 bridgehead atoms. The van der Waals surface area contributed by atoms with E-state index in [-0.39, 0.29) is 0 Å². The van der Waals surface area contributed by atoms with Crippen molar-refractivity contribution in [3.8, 4) is 0 Å². The Labute approximate surface area is 98.3 Å². The van der Waals surface area contributed by atoms with Gasteiger partial charge in [0.25, 0.3) is 0 Å². The molecule has 1 N–H and O–H groups in total. The van der Waals surface area contributed by atoms with E-state index in [0.717, 1.165) is 43.0 Å². The molecule has 0 amide bonds. The molecule has 1 fully saturated rings. The highest BCUT2D eigenvalue weighted by Crippen LogP contribution is 2.37. The summed E-state index contributed by atoms with van der Waals surface area (Å²) >= 11 is 0. The van der Waals surface area contributed by atoms with Crippen molar-refractivity contribution in [2.24, 2.45) is 11.8 Å². The molecule has 90 valence electrons. The summed E-state index contributed by atoms with van der Waals surface area (Å²) in [5, 5.41) is 3.40. The van der Waals surface area contributed by atoms with Crippen molar-refractivity contribution < 1.29 is 0 Å². The predicted octanol–water partition coefficient (Wildman–Crippen LogP) is 3.06. The number of nitrogens with zero attached hydrogens (tertiary/aromatic N) is 2. The van der Waals surface area contributed by atoms with Crippen LogP contribution in [0.15, 0.2) is 6.20 Å². The number of anilines is 1. The second-order valence-corrected chi connectivity index (χ2v) is 5.10. The summed E-state index contributed by atoms with van der Waals surface area (Å²) in [6.07, 6.45) is 6.15. The van der Waals surface area contributed by atoms with Crippen molar-refractivity contribution in [1.82, 2.24) is 9.55 Å². The lowest BCUT2D eigenvalue weighted by Crippen LogP contribution is -2.13. The van der Waals surface area contributed by atoms with Gasteiger partial charge in [0.15, 0.2) is 0 Å². The van der Waals surface area contributed by atoms with Crippen LogP contribution in [0.4, 0.5) is 5.95 Å². The van der Waals surface area contributed by atoms with E-state index in [1.165, 1.54) is 12.8 Å². The zero-order valence-corrected chi connectivity index (χ0v) is 10.7. The van der Waals surface area contributed by atoms with Gasteiger partial charge >= 0.3 is 0 Å². The van der Waals surface area contributed by atoms with Gasteiger partial charge in [0.05, 0.1) is 5.69 Å². The number of rotatable bonds is 6. The molecule has 1 aliphatic rings. The Morgan fingerprint density at radius 2 is 2.31 bits per heavy atom. The fourth-order valence-corrected chi connectivity index (χ4v) is 2.19. The average molecular weight is 221 g/mol. The van der Waals surface area contributed by atoms with Crippen molar-refractivity contribution in [3.63, 3.8) is 0 Å². The zero-order valence-electron chi connectivity index (χ0n) is 10.7. The summed E-state index contributed by atoms with van der Waals surface area (Å²) in [7, 11) is 0. The first-order chi connectivity index (χ1) is 7.70. The third kappa shape index (κ3) is 2.77. The molecule has 1 saturated carbocycles. The maximum atomic E-state index is 4.53. The number of aromatic nitrogens is 2. The Morgan fingerprint density at radius 1 is 1.56 bits per heavy atom. The van der Waals surface area contributed by atoms with E-state index in [1.54, 1.807) is 0 Å². The normalized spacial score (nSPS) is 17.4. The molecule has 0 spiro atoms. The lowest BCUT2D eigenvalue weighted by atomic mass is 10.1. The largest absolute Gasteiger partial charge is 0.356 e. The van der Waals surface area contributed by atoms with Crippen molar-refractivity contribution in [2.45, 2.75) is 46.6 Å². The Balaban J connectivity index is 1.99. The molecule has 3 heteroatoms. The van der Waals surface area contributed by atoms with Gasteiger partial charge in [-0.2, -0.15) is 0 Å². The molecular formula is C13H23N3. The number of hydrogen-bond acceptors (Lipinski definition) is 2. The van der Waals surface area contributed by atoms with Crippen LogP contribution in [0.3, 0.4) is 0 Å². The Hall–Kier alpha value is -0.990. The summed E-state index contributed by atoms with van der Waals surface area (Å²) in [4.78, 5) is 4.53. The van der Waals surface area contributed by atoms with Crippen LogP contribution in [0, 0.1) is 18.8 Å². The van der Waals surface area contributed by atoms with Gasteiger partial charge in [-0.1, -0.05) is 13.8 Å². The SMILES string of the molecule is CCCNc1nc(C)cn1CC(C)C1CC1. The van der Waals surface area contributed by atoms with Crippen LogP contribution < -0.4 is 5.32 Å². The van der Waals surface area contributed by atoms with Gasteiger partial charge in [-0.05, 0) is 38.0 Å². The molecule has 0 saturated heterocycles. The smallest absolute Gasteiger partial charge is 0.203 e. The minimum Gasteiger partial charge on any atom is -0.356 e. The maximum Gasteiger partial charge on any atom is 0.203 e. The van der Waals surface area contributed by atoms with Crippen LogP contribution in [0.25, 0.3) is 0 Å². The van der Waals surface area contributed by atoms with E-state index < -0.39 is 0 Å². The van der Waals surface area contributed by atoms with E-state index >= 15 is 0 Å². The first kappa shape index (κ1) is 11.5. The minimum atomic E-state index is 0.788. The Kier molecular flexibility index (Phi) is 3.52. The van der Waals surface area contributed by atoms with E-state index in [9.17, 15) is 0 Å². The lowest BCUT2D eigenvalue weighted by molar-refractivity contribution is 0.432. The highest BCUT2D eigenvalue weighted by atomic mass is 15.2. The number of imidazole rings is 1. The van der Waals surface area contributed by atoms with Crippen LogP contribution in [-0.4, -0.2) is 16.1 Å². The highest BCUT2D eigenvalue weighted by molar-refractivity contribution is 5.28. The summed E-state index contributed by atoms with van der Waals surface area (Å²) < 4.78 is 2.29. The van der Waals surface area contributed by atoms with Gasteiger partial charge < -0.3 is 9.88 Å². The average Bonchev–Trinajstić information content (AvgIpc) is 3.02. The van der Waals surface area contributed by atoms with Crippen molar-refractivity contribution in [1.29, 1.82) is 0 Å². The molecule has 0 aromatic carbocycles. The molecule has 0 aliphatic heterocycles. The number of aryl methyl sites for hydroxylation is 1. The Bertz CT molecular complexity index is 339. The third-order valence-corrected chi connectivity index (χ3v) is 3.34. The van der Waals surface area contributed by atoms with E-state index in [1.807, 2.05) is 0 Å². The summed E-state index contributed by atoms with van der Waals surface area (Å²) in [5.74, 6) is 2.80. The molecule has 1 atom stereocenters. The highest BCUT2D eigenvalue weighted by Gasteiger charge is 2.28. The first-order valence-corrected chi connectivity index (χ1v) is 6.48. The van der Waals surface area contributed by atoms with Crippen molar-refractivity contribution >= 4 is 5.95 Å². The standard InChI is InChI=1S/C13H23N3/c1-4-7-14-13-15-11(3)9-16(13)8-10(2)12-5-6-12/h9-10,12H,4-8H2,1-3H3,(H,14,15). The van der Waals surface area contributed by atoms with Gasteiger partial charge in [0.2, 0.25) is 5.95 Å². The lowest BCUT2D eigenvalue weighted by Gasteiger charge is -2.14. The molecule has 3 nitrogen and oxygen atoms in total. The van der Waals surface area contributed by atoms with Crippen molar-refractivity contribution in [2.75, 3.05) is 11.9 Å². The van der Waals surface area contributed by atoms with Crippen LogP contribution in [0.1, 0.15) is 38.8 Å².